The first kappa shape index (κ1) is 24.2. The first-order valence-electron chi connectivity index (χ1n) is 10.7. The summed E-state index contributed by atoms with van der Waals surface area (Å²) in [7, 11) is 0. The van der Waals surface area contributed by atoms with Crippen LogP contribution in [0.25, 0.3) is 11.1 Å². The quantitative estimate of drug-likeness (QED) is 0.290. The van der Waals surface area contributed by atoms with E-state index in [0.29, 0.717) is 34.0 Å². The molecule has 5 nitrogen and oxygen atoms in total. The average molecular weight is 495 g/mol. The van der Waals surface area contributed by atoms with Crippen molar-refractivity contribution in [2.45, 2.75) is 19.6 Å². The Hall–Kier alpha value is -3.97. The molecule has 1 N–H and O–H groups in total. The third kappa shape index (κ3) is 7.01. The lowest BCUT2D eigenvalue weighted by atomic mass is 9.98. The second kappa shape index (κ2) is 11.4. The highest BCUT2D eigenvalue weighted by Gasteiger charge is 2.13. The van der Waals surface area contributed by atoms with Gasteiger partial charge in [-0.25, -0.2) is 4.79 Å². The number of nitrogens with one attached hydrogen (secondary N) is 1. The van der Waals surface area contributed by atoms with Crippen LogP contribution in [0.4, 0.5) is 13.6 Å². The number of ether oxygens (including phenoxy) is 2. The van der Waals surface area contributed by atoms with Crippen molar-refractivity contribution in [3.05, 3.63) is 113 Å². The third-order valence-corrected chi connectivity index (χ3v) is 5.29. The van der Waals surface area contributed by atoms with Crippen LogP contribution in [-0.4, -0.2) is 17.7 Å². The predicted octanol–water partition coefficient (Wildman–Crippen LogP) is 6.88. The van der Waals surface area contributed by atoms with Gasteiger partial charge in [0.25, 0.3) is 0 Å². The summed E-state index contributed by atoms with van der Waals surface area (Å²) >= 11 is 6.09. The van der Waals surface area contributed by atoms with Gasteiger partial charge in [0.1, 0.15) is 11.5 Å². The van der Waals surface area contributed by atoms with Crippen LogP contribution in [0.3, 0.4) is 0 Å². The largest absolute Gasteiger partial charge is 0.434 e. The second-order valence-electron chi connectivity index (χ2n) is 7.61. The number of pyridine rings is 1. The molecular formula is C27H21ClF2N2O3. The molecule has 0 aliphatic carbocycles. The fourth-order valence-electron chi connectivity index (χ4n) is 3.46. The van der Waals surface area contributed by atoms with Crippen molar-refractivity contribution < 1.29 is 23.0 Å². The highest BCUT2D eigenvalue weighted by Crippen LogP contribution is 2.34. The van der Waals surface area contributed by atoms with Crippen LogP contribution < -0.4 is 14.8 Å². The molecule has 4 aromatic rings. The molecule has 0 radical (unpaired) electrons. The molecule has 0 spiro atoms. The topological polar surface area (TPSA) is 60.5 Å². The zero-order chi connectivity index (χ0) is 24.6. The molecule has 1 aromatic heterocycles. The van der Waals surface area contributed by atoms with Crippen LogP contribution in [-0.2, 0) is 13.0 Å². The molecular weight excluding hydrogens is 474 g/mol. The zero-order valence-corrected chi connectivity index (χ0v) is 19.2. The summed E-state index contributed by atoms with van der Waals surface area (Å²) in [4.78, 5) is 16.3. The molecule has 0 saturated heterocycles. The van der Waals surface area contributed by atoms with Crippen molar-refractivity contribution in [2.75, 3.05) is 0 Å². The third-order valence-electron chi connectivity index (χ3n) is 5.06. The molecule has 0 aliphatic heterocycles. The van der Waals surface area contributed by atoms with Gasteiger partial charge >= 0.3 is 12.7 Å². The highest BCUT2D eigenvalue weighted by atomic mass is 35.5. The Morgan fingerprint density at radius 2 is 1.74 bits per heavy atom. The summed E-state index contributed by atoms with van der Waals surface area (Å²) in [6.45, 7) is -2.72. The summed E-state index contributed by atoms with van der Waals surface area (Å²) in [5.41, 5.74) is 3.67. The molecule has 178 valence electrons. The fourth-order valence-corrected chi connectivity index (χ4v) is 3.65. The van der Waals surface area contributed by atoms with E-state index in [0.717, 1.165) is 11.1 Å². The van der Waals surface area contributed by atoms with Gasteiger partial charge in [0.05, 0.1) is 12.2 Å². The van der Waals surface area contributed by atoms with Crippen LogP contribution in [0.1, 0.15) is 16.8 Å². The first-order valence-corrected chi connectivity index (χ1v) is 11.1. The molecule has 0 atom stereocenters. The Kier molecular flexibility index (Phi) is 7.90. The summed E-state index contributed by atoms with van der Waals surface area (Å²) in [6.07, 6.45) is 1.67. The van der Waals surface area contributed by atoms with Crippen molar-refractivity contribution in [1.82, 2.24) is 10.3 Å². The molecule has 1 amide bonds. The second-order valence-corrected chi connectivity index (χ2v) is 8.05. The van der Waals surface area contributed by atoms with Gasteiger partial charge in [-0.15, -0.1) is 0 Å². The number of carbonyl (C=O) groups excluding carboxylic acids is 1. The maximum absolute atomic E-state index is 12.9. The standard InChI is InChI=1S/C27H21ClF2N2O3/c28-21-6-4-5-20(15-21)24-14-18(10-12-25(24)35-26(29)30)13-19-9-11-22(31-16-19)17-32-27(33)34-23-7-2-1-3-8-23/h1-12,14-16,26H,13,17H2,(H,32,33). The van der Waals surface area contributed by atoms with E-state index in [1.807, 2.05) is 18.2 Å². The molecule has 0 aliphatic rings. The van der Waals surface area contributed by atoms with Crippen LogP contribution in [0.2, 0.25) is 5.02 Å². The summed E-state index contributed by atoms with van der Waals surface area (Å²) < 4.78 is 35.7. The number of nitrogens with zero attached hydrogens (tertiary/aromatic N) is 1. The van der Waals surface area contributed by atoms with Gasteiger partial charge in [0, 0.05) is 16.8 Å². The maximum atomic E-state index is 12.9. The maximum Gasteiger partial charge on any atom is 0.412 e. The highest BCUT2D eigenvalue weighted by molar-refractivity contribution is 6.30. The molecule has 8 heteroatoms. The number of amides is 1. The van der Waals surface area contributed by atoms with Gasteiger partial charge in [0.2, 0.25) is 0 Å². The Morgan fingerprint density at radius 1 is 0.943 bits per heavy atom. The zero-order valence-electron chi connectivity index (χ0n) is 18.5. The number of carbonyl (C=O) groups is 1. The molecule has 4 rings (SSSR count). The van der Waals surface area contributed by atoms with Crippen LogP contribution >= 0.6 is 11.6 Å². The Balaban J connectivity index is 1.42. The predicted molar refractivity (Wildman–Crippen MR) is 130 cm³/mol. The number of hydrogen-bond acceptors (Lipinski definition) is 4. The number of para-hydroxylation sites is 1. The van der Waals surface area contributed by atoms with Gasteiger partial charge in [-0.3, -0.25) is 4.98 Å². The van der Waals surface area contributed by atoms with E-state index in [-0.39, 0.29) is 12.3 Å². The van der Waals surface area contributed by atoms with Gasteiger partial charge in [-0.2, -0.15) is 8.78 Å². The number of rotatable bonds is 8. The normalized spacial score (nSPS) is 10.7. The van der Waals surface area contributed by atoms with E-state index in [1.165, 1.54) is 6.07 Å². The molecule has 35 heavy (non-hydrogen) atoms. The Bertz CT molecular complexity index is 1290. The molecule has 0 bridgehead atoms. The van der Waals surface area contributed by atoms with E-state index in [4.69, 9.17) is 21.1 Å². The van der Waals surface area contributed by atoms with Crippen molar-refractivity contribution in [2.24, 2.45) is 0 Å². The van der Waals surface area contributed by atoms with Gasteiger partial charge < -0.3 is 14.8 Å². The minimum absolute atomic E-state index is 0.0768. The number of benzene rings is 3. The van der Waals surface area contributed by atoms with Crippen LogP contribution in [0.5, 0.6) is 11.5 Å². The fraction of sp³-hybridized carbons (Fsp3) is 0.111. The molecule has 0 fully saturated rings. The van der Waals surface area contributed by atoms with Gasteiger partial charge in [-0.05, 0) is 65.6 Å². The minimum Gasteiger partial charge on any atom is -0.434 e. The summed E-state index contributed by atoms with van der Waals surface area (Å²) in [6, 6.07) is 24.5. The average Bonchev–Trinajstić information content (AvgIpc) is 2.85. The number of hydrogen-bond donors (Lipinski definition) is 1. The van der Waals surface area contributed by atoms with E-state index >= 15 is 0 Å². The van der Waals surface area contributed by atoms with E-state index in [9.17, 15) is 13.6 Å². The van der Waals surface area contributed by atoms with Gasteiger partial charge in [0.15, 0.2) is 0 Å². The monoisotopic (exact) mass is 494 g/mol. The number of alkyl halides is 2. The Labute approximate surface area is 206 Å². The first-order chi connectivity index (χ1) is 17.0. The number of aromatic nitrogens is 1. The van der Waals surface area contributed by atoms with E-state index in [2.05, 4.69) is 10.3 Å². The molecule has 0 unspecified atom stereocenters. The van der Waals surface area contributed by atoms with Crippen molar-refractivity contribution in [1.29, 1.82) is 0 Å². The summed E-state index contributed by atoms with van der Waals surface area (Å²) in [5, 5.41) is 3.16. The molecule has 3 aromatic carbocycles. The molecule has 0 saturated carbocycles. The SMILES string of the molecule is O=C(NCc1ccc(Cc2ccc(OC(F)F)c(-c3cccc(Cl)c3)c2)cn1)Oc1ccccc1. The van der Waals surface area contributed by atoms with Crippen molar-refractivity contribution in [3.63, 3.8) is 0 Å². The van der Waals surface area contributed by atoms with Crippen molar-refractivity contribution >= 4 is 17.7 Å². The van der Waals surface area contributed by atoms with E-state index < -0.39 is 12.7 Å². The lowest BCUT2D eigenvalue weighted by Crippen LogP contribution is -2.26. The van der Waals surface area contributed by atoms with Crippen LogP contribution in [0.15, 0.2) is 91.1 Å². The number of halogens is 3. The lowest BCUT2D eigenvalue weighted by molar-refractivity contribution is -0.0494. The molecule has 1 heterocycles. The smallest absolute Gasteiger partial charge is 0.412 e. The van der Waals surface area contributed by atoms with Crippen LogP contribution in [0, 0.1) is 0 Å². The Morgan fingerprint density at radius 3 is 2.46 bits per heavy atom. The minimum atomic E-state index is -2.94. The van der Waals surface area contributed by atoms with E-state index in [1.54, 1.807) is 66.9 Å². The van der Waals surface area contributed by atoms with Crippen molar-refractivity contribution in [3.8, 4) is 22.6 Å². The summed E-state index contributed by atoms with van der Waals surface area (Å²) in [5.74, 6) is 0.531. The lowest BCUT2D eigenvalue weighted by Gasteiger charge is -2.13. The van der Waals surface area contributed by atoms with Gasteiger partial charge in [-0.1, -0.05) is 54.1 Å².